The van der Waals surface area contributed by atoms with Gasteiger partial charge in [-0.2, -0.15) is 0 Å². The summed E-state index contributed by atoms with van der Waals surface area (Å²) in [6.45, 7) is 26.7. The number of hydrogen-bond donors (Lipinski definition) is 0. The van der Waals surface area contributed by atoms with Gasteiger partial charge in [-0.25, -0.2) is 0 Å². The fraction of sp³-hybridized carbons (Fsp3) is 0.700. The molecule has 0 heterocycles. The van der Waals surface area contributed by atoms with E-state index in [2.05, 4.69) is 94.4 Å². The molecule has 0 amide bonds. The lowest BCUT2D eigenvalue weighted by Crippen LogP contribution is -2.50. The molecule has 1 heteroatoms. The second-order valence-electron chi connectivity index (χ2n) is 9.40. The molecular weight excluding hydrogens is 271 g/mol. The van der Waals surface area contributed by atoms with Gasteiger partial charge in [0.1, 0.15) is 0 Å². The standard InChI is InChI=1S/C20H36P/c1-15-13-12-14-17(16(15)2)21(18(3,4)5,19(6,7)8)20(9,10)11/h12-14H,1-11H3/q+1. The Kier molecular flexibility index (Phi) is 4.79. The lowest BCUT2D eigenvalue weighted by molar-refractivity contribution is 0.629. The molecule has 0 atom stereocenters. The molecule has 0 spiro atoms. The van der Waals surface area contributed by atoms with Gasteiger partial charge in [-0.3, -0.25) is 0 Å². The van der Waals surface area contributed by atoms with E-state index in [-0.39, 0.29) is 15.5 Å². The third-order valence-corrected chi connectivity index (χ3v) is 12.2. The van der Waals surface area contributed by atoms with Gasteiger partial charge in [-0.05, 0) is 93.4 Å². The molecule has 0 aliphatic rings. The van der Waals surface area contributed by atoms with Crippen molar-refractivity contribution in [3.63, 3.8) is 0 Å². The van der Waals surface area contributed by atoms with Crippen LogP contribution in [0.1, 0.15) is 73.4 Å². The summed E-state index contributed by atoms with van der Waals surface area (Å²) in [7, 11) is -1.46. The molecular formula is C20H36P+. The topological polar surface area (TPSA) is 0 Å². The maximum absolute atomic E-state index is 2.46. The lowest BCUT2D eigenvalue weighted by Gasteiger charge is -2.54. The van der Waals surface area contributed by atoms with Crippen molar-refractivity contribution in [1.82, 2.24) is 0 Å². The van der Waals surface area contributed by atoms with Gasteiger partial charge in [-0.15, -0.1) is 0 Å². The zero-order valence-electron chi connectivity index (χ0n) is 16.2. The van der Waals surface area contributed by atoms with E-state index in [0.717, 1.165) is 0 Å². The monoisotopic (exact) mass is 307 g/mol. The number of rotatable bonds is 1. The quantitative estimate of drug-likeness (QED) is 0.531. The first-order chi connectivity index (χ1) is 9.18. The SMILES string of the molecule is Cc1cccc([P+](C(C)(C)C)(C(C)(C)C)C(C)(C)C)c1C. The van der Waals surface area contributed by atoms with Crippen LogP contribution in [0.5, 0.6) is 0 Å². The first kappa shape index (κ1) is 18.7. The van der Waals surface area contributed by atoms with Crippen LogP contribution >= 0.6 is 7.26 Å². The fourth-order valence-electron chi connectivity index (χ4n) is 5.20. The fourth-order valence-corrected chi connectivity index (χ4v) is 14.4. The summed E-state index contributed by atoms with van der Waals surface area (Å²) >= 11 is 0. The van der Waals surface area contributed by atoms with E-state index in [4.69, 9.17) is 0 Å². The van der Waals surface area contributed by atoms with Crippen LogP contribution in [-0.2, 0) is 0 Å². The van der Waals surface area contributed by atoms with Gasteiger partial charge in [0.15, 0.2) is 0 Å². The van der Waals surface area contributed by atoms with Gasteiger partial charge in [0, 0.05) is 0 Å². The molecule has 0 nitrogen and oxygen atoms in total. The van der Waals surface area contributed by atoms with Crippen LogP contribution in [0.15, 0.2) is 18.2 Å². The molecule has 0 bridgehead atoms. The molecule has 0 unspecified atom stereocenters. The summed E-state index contributed by atoms with van der Waals surface area (Å²) in [6.07, 6.45) is 0. The normalized spacial score (nSPS) is 14.4. The van der Waals surface area contributed by atoms with Crippen LogP contribution in [0, 0.1) is 13.8 Å². The molecule has 0 saturated carbocycles. The maximum atomic E-state index is 2.46. The van der Waals surface area contributed by atoms with Crippen LogP contribution in [0.2, 0.25) is 0 Å². The summed E-state index contributed by atoms with van der Waals surface area (Å²) in [5.41, 5.74) is 2.93. The smallest absolute Gasteiger partial charge is 0.0588 e. The van der Waals surface area contributed by atoms with Crippen molar-refractivity contribution in [2.45, 2.75) is 91.6 Å². The first-order valence-electron chi connectivity index (χ1n) is 8.14. The summed E-state index contributed by atoms with van der Waals surface area (Å²) in [4.78, 5) is 0. The molecule has 21 heavy (non-hydrogen) atoms. The lowest BCUT2D eigenvalue weighted by atomic mass is 10.1. The minimum Gasteiger partial charge on any atom is -0.0588 e. The second-order valence-corrected chi connectivity index (χ2v) is 15.3. The van der Waals surface area contributed by atoms with Gasteiger partial charge in [0.05, 0.1) is 28.0 Å². The highest BCUT2D eigenvalue weighted by Gasteiger charge is 2.66. The van der Waals surface area contributed by atoms with E-state index in [1.54, 1.807) is 5.30 Å². The molecule has 120 valence electrons. The van der Waals surface area contributed by atoms with Crippen molar-refractivity contribution in [2.75, 3.05) is 0 Å². The van der Waals surface area contributed by atoms with Crippen LogP contribution in [0.25, 0.3) is 0 Å². The summed E-state index contributed by atoms with van der Waals surface area (Å²) in [5, 5.41) is 2.47. The highest BCUT2D eigenvalue weighted by Crippen LogP contribution is 2.82. The molecule has 1 aromatic carbocycles. The Labute approximate surface area is 134 Å². The van der Waals surface area contributed by atoms with E-state index >= 15 is 0 Å². The Morgan fingerprint density at radius 2 is 1.05 bits per heavy atom. The van der Waals surface area contributed by atoms with Crippen molar-refractivity contribution in [3.05, 3.63) is 29.3 Å². The first-order valence-corrected chi connectivity index (χ1v) is 9.93. The predicted octanol–water partition coefficient (Wildman–Crippen LogP) is 6.34. The molecule has 0 N–H and O–H groups in total. The van der Waals surface area contributed by atoms with E-state index < -0.39 is 7.26 Å². The minimum atomic E-state index is -1.46. The molecule has 0 radical (unpaired) electrons. The third-order valence-electron chi connectivity index (χ3n) is 4.96. The zero-order chi connectivity index (χ0) is 16.9. The molecule has 0 aliphatic heterocycles. The Morgan fingerprint density at radius 3 is 1.38 bits per heavy atom. The van der Waals surface area contributed by atoms with E-state index in [0.29, 0.717) is 0 Å². The van der Waals surface area contributed by atoms with Crippen LogP contribution in [0.3, 0.4) is 0 Å². The number of aryl methyl sites for hydroxylation is 1. The van der Waals surface area contributed by atoms with Gasteiger partial charge in [0.2, 0.25) is 0 Å². The Bertz CT molecular complexity index is 468. The van der Waals surface area contributed by atoms with Crippen molar-refractivity contribution >= 4 is 12.6 Å². The van der Waals surface area contributed by atoms with Crippen LogP contribution < -0.4 is 5.30 Å². The third kappa shape index (κ3) is 2.81. The molecule has 1 aromatic rings. The van der Waals surface area contributed by atoms with E-state index in [1.165, 1.54) is 11.1 Å². The summed E-state index contributed by atoms with van der Waals surface area (Å²) in [6, 6.07) is 6.93. The average molecular weight is 307 g/mol. The van der Waals surface area contributed by atoms with Gasteiger partial charge >= 0.3 is 0 Å². The second kappa shape index (κ2) is 5.38. The van der Waals surface area contributed by atoms with Crippen molar-refractivity contribution in [2.24, 2.45) is 0 Å². The summed E-state index contributed by atoms with van der Waals surface area (Å²) < 4.78 is 0. The zero-order valence-corrected chi connectivity index (χ0v) is 17.1. The molecule has 0 aliphatic carbocycles. The predicted molar refractivity (Wildman–Crippen MR) is 102 cm³/mol. The van der Waals surface area contributed by atoms with Crippen molar-refractivity contribution < 1.29 is 0 Å². The van der Waals surface area contributed by atoms with Gasteiger partial charge < -0.3 is 0 Å². The molecule has 1 rings (SSSR count). The Hall–Kier alpha value is -0.350. The van der Waals surface area contributed by atoms with Crippen molar-refractivity contribution in [1.29, 1.82) is 0 Å². The highest BCUT2D eigenvalue weighted by atomic mass is 31.2. The number of benzene rings is 1. The molecule has 0 saturated heterocycles. The molecule has 0 aromatic heterocycles. The van der Waals surface area contributed by atoms with E-state index in [9.17, 15) is 0 Å². The Balaban J connectivity index is 3.96. The Morgan fingerprint density at radius 1 is 0.667 bits per heavy atom. The largest absolute Gasteiger partial charge is 0.0987 e. The van der Waals surface area contributed by atoms with Crippen LogP contribution in [-0.4, -0.2) is 15.5 Å². The minimum absolute atomic E-state index is 0.280. The van der Waals surface area contributed by atoms with Crippen LogP contribution in [0.4, 0.5) is 0 Å². The number of hydrogen-bond acceptors (Lipinski definition) is 0. The molecule has 0 fully saturated rings. The maximum Gasteiger partial charge on any atom is 0.0987 e. The van der Waals surface area contributed by atoms with Gasteiger partial charge in [-0.1, -0.05) is 12.1 Å². The van der Waals surface area contributed by atoms with Gasteiger partial charge in [0.25, 0.3) is 0 Å². The summed E-state index contributed by atoms with van der Waals surface area (Å²) in [5.74, 6) is 0. The van der Waals surface area contributed by atoms with E-state index in [1.807, 2.05) is 0 Å². The highest BCUT2D eigenvalue weighted by molar-refractivity contribution is 7.86. The van der Waals surface area contributed by atoms with Crippen molar-refractivity contribution in [3.8, 4) is 0 Å². The average Bonchev–Trinajstić information content (AvgIpc) is 2.18.